The highest BCUT2D eigenvalue weighted by Crippen LogP contribution is 2.32. The van der Waals surface area contributed by atoms with E-state index in [9.17, 15) is 17.6 Å². The number of carbonyl (C=O) groups is 1. The molecular weight excluding hydrogens is 435 g/mol. The third kappa shape index (κ3) is 5.24. The van der Waals surface area contributed by atoms with E-state index in [-0.39, 0.29) is 11.3 Å². The molecule has 4 rings (SSSR count). The van der Waals surface area contributed by atoms with Crippen LogP contribution in [0.3, 0.4) is 0 Å². The Morgan fingerprint density at radius 3 is 2.34 bits per heavy atom. The van der Waals surface area contributed by atoms with E-state index in [1.807, 2.05) is 6.07 Å². The highest BCUT2D eigenvalue weighted by molar-refractivity contribution is 7.89. The molecule has 0 aliphatic carbocycles. The maximum absolute atomic E-state index is 13.2. The Labute approximate surface area is 185 Å². The fourth-order valence-corrected chi connectivity index (χ4v) is 4.45. The quantitative estimate of drug-likeness (QED) is 0.570. The van der Waals surface area contributed by atoms with Gasteiger partial charge >= 0.3 is 0 Å². The average molecular weight is 456 g/mol. The van der Waals surface area contributed by atoms with Crippen LogP contribution in [0.25, 0.3) is 0 Å². The highest BCUT2D eigenvalue weighted by atomic mass is 32.2. The van der Waals surface area contributed by atoms with Crippen molar-refractivity contribution in [1.82, 2.24) is 4.72 Å². The molecular formula is C23H21FN2O5S. The fourth-order valence-electron chi connectivity index (χ4n) is 3.26. The molecule has 1 aliphatic rings. The number of fused-ring (bicyclic) bond motifs is 1. The molecule has 166 valence electrons. The number of rotatable bonds is 7. The highest BCUT2D eigenvalue weighted by Gasteiger charge is 2.27. The first-order chi connectivity index (χ1) is 15.4. The van der Waals surface area contributed by atoms with Gasteiger partial charge in [0.2, 0.25) is 15.9 Å². The van der Waals surface area contributed by atoms with Gasteiger partial charge in [-0.2, -0.15) is 4.72 Å². The summed E-state index contributed by atoms with van der Waals surface area (Å²) in [4.78, 5) is 12.9. The lowest BCUT2D eigenvalue weighted by Gasteiger charge is -2.21. The zero-order valence-corrected chi connectivity index (χ0v) is 17.8. The molecule has 0 aromatic heterocycles. The van der Waals surface area contributed by atoms with E-state index in [0.717, 1.165) is 29.8 Å². The van der Waals surface area contributed by atoms with E-state index in [2.05, 4.69) is 10.0 Å². The van der Waals surface area contributed by atoms with E-state index in [4.69, 9.17) is 9.47 Å². The van der Waals surface area contributed by atoms with Crippen LogP contribution < -0.4 is 19.5 Å². The molecule has 1 heterocycles. The zero-order valence-electron chi connectivity index (χ0n) is 17.0. The topological polar surface area (TPSA) is 93.7 Å². The van der Waals surface area contributed by atoms with Gasteiger partial charge in [0.25, 0.3) is 0 Å². The Bertz CT molecular complexity index is 1200. The lowest BCUT2D eigenvalue weighted by molar-refractivity contribution is -0.117. The van der Waals surface area contributed by atoms with Crippen molar-refractivity contribution in [1.29, 1.82) is 0 Å². The SMILES string of the molecule is O=C(Nc1ccc2c(c1)OCCO2)C(Cc1ccccc1)NS(=O)(=O)c1ccc(F)cc1. The minimum absolute atomic E-state index is 0.123. The van der Waals surface area contributed by atoms with Gasteiger partial charge in [-0.1, -0.05) is 30.3 Å². The largest absolute Gasteiger partial charge is 0.486 e. The van der Waals surface area contributed by atoms with Gasteiger partial charge in [0, 0.05) is 11.8 Å². The predicted molar refractivity (Wildman–Crippen MR) is 117 cm³/mol. The monoisotopic (exact) mass is 456 g/mol. The van der Waals surface area contributed by atoms with Crippen molar-refractivity contribution in [3.8, 4) is 11.5 Å². The first-order valence-corrected chi connectivity index (χ1v) is 11.4. The molecule has 0 spiro atoms. The molecule has 1 atom stereocenters. The number of benzene rings is 3. The van der Waals surface area contributed by atoms with Crippen LogP contribution in [-0.2, 0) is 21.2 Å². The van der Waals surface area contributed by atoms with Gasteiger partial charge in [-0.05, 0) is 48.4 Å². The number of amides is 1. The third-order valence-electron chi connectivity index (χ3n) is 4.83. The minimum atomic E-state index is -4.07. The second-order valence-electron chi connectivity index (χ2n) is 7.17. The van der Waals surface area contributed by atoms with Crippen molar-refractivity contribution in [3.05, 3.63) is 84.2 Å². The zero-order chi connectivity index (χ0) is 22.6. The molecule has 3 aromatic rings. The lowest BCUT2D eigenvalue weighted by atomic mass is 10.1. The molecule has 2 N–H and O–H groups in total. The number of nitrogens with one attached hydrogen (secondary N) is 2. The van der Waals surface area contributed by atoms with Gasteiger partial charge in [0.15, 0.2) is 11.5 Å². The van der Waals surface area contributed by atoms with Crippen molar-refractivity contribution in [3.63, 3.8) is 0 Å². The average Bonchev–Trinajstić information content (AvgIpc) is 2.79. The predicted octanol–water partition coefficient (Wildman–Crippen LogP) is 3.13. The summed E-state index contributed by atoms with van der Waals surface area (Å²) in [5, 5.41) is 2.73. The van der Waals surface area contributed by atoms with Gasteiger partial charge in [-0.25, -0.2) is 12.8 Å². The van der Waals surface area contributed by atoms with Crippen molar-refractivity contribution < 1.29 is 27.1 Å². The minimum Gasteiger partial charge on any atom is -0.486 e. The Hall–Kier alpha value is -3.43. The van der Waals surface area contributed by atoms with Crippen LogP contribution in [0.4, 0.5) is 10.1 Å². The van der Waals surface area contributed by atoms with E-state index < -0.39 is 27.8 Å². The molecule has 1 unspecified atom stereocenters. The Kier molecular flexibility index (Phi) is 6.38. The summed E-state index contributed by atoms with van der Waals surface area (Å²) in [6.07, 6.45) is 0.123. The normalized spacial score (nSPS) is 13.9. The molecule has 3 aromatic carbocycles. The van der Waals surface area contributed by atoms with Gasteiger partial charge in [-0.3, -0.25) is 4.79 Å². The number of ether oxygens (including phenoxy) is 2. The summed E-state index contributed by atoms with van der Waals surface area (Å²) >= 11 is 0. The summed E-state index contributed by atoms with van der Waals surface area (Å²) in [5.41, 5.74) is 1.22. The van der Waals surface area contributed by atoms with Crippen LogP contribution >= 0.6 is 0 Å². The standard InChI is InChI=1S/C23H21FN2O5S/c24-17-6-9-19(10-7-17)32(28,29)26-20(14-16-4-2-1-3-5-16)23(27)25-18-8-11-21-22(15-18)31-13-12-30-21/h1-11,15,20,26H,12-14H2,(H,25,27). The molecule has 0 saturated heterocycles. The number of sulfonamides is 1. The molecule has 9 heteroatoms. The summed E-state index contributed by atoms with van der Waals surface area (Å²) in [7, 11) is -4.07. The summed E-state index contributed by atoms with van der Waals surface area (Å²) in [6.45, 7) is 0.849. The van der Waals surface area contributed by atoms with Crippen molar-refractivity contribution in [2.75, 3.05) is 18.5 Å². The smallest absolute Gasteiger partial charge is 0.242 e. The number of hydrogen-bond donors (Lipinski definition) is 2. The molecule has 0 fully saturated rings. The fraction of sp³-hybridized carbons (Fsp3) is 0.174. The summed E-state index contributed by atoms with van der Waals surface area (Å²) in [6, 6.07) is 17.3. The summed E-state index contributed by atoms with van der Waals surface area (Å²) in [5.74, 6) is -0.0231. The number of anilines is 1. The van der Waals surface area contributed by atoms with E-state index >= 15 is 0 Å². The van der Waals surface area contributed by atoms with Crippen molar-refractivity contribution in [2.45, 2.75) is 17.4 Å². The van der Waals surface area contributed by atoms with Crippen LogP contribution in [0, 0.1) is 5.82 Å². The summed E-state index contributed by atoms with van der Waals surface area (Å²) < 4.78 is 52.4. The van der Waals surface area contributed by atoms with Gasteiger partial charge in [0.1, 0.15) is 25.1 Å². The maximum Gasteiger partial charge on any atom is 0.242 e. The molecule has 32 heavy (non-hydrogen) atoms. The Morgan fingerprint density at radius 2 is 1.62 bits per heavy atom. The molecule has 0 bridgehead atoms. The third-order valence-corrected chi connectivity index (χ3v) is 6.32. The maximum atomic E-state index is 13.2. The van der Waals surface area contributed by atoms with Gasteiger partial charge in [-0.15, -0.1) is 0 Å². The van der Waals surface area contributed by atoms with Crippen LogP contribution in [-0.4, -0.2) is 33.6 Å². The van der Waals surface area contributed by atoms with Crippen LogP contribution in [0.5, 0.6) is 11.5 Å². The Morgan fingerprint density at radius 1 is 0.938 bits per heavy atom. The van der Waals surface area contributed by atoms with Crippen LogP contribution in [0.2, 0.25) is 0 Å². The molecule has 1 aliphatic heterocycles. The molecule has 0 saturated carbocycles. The van der Waals surface area contributed by atoms with Gasteiger partial charge in [0.05, 0.1) is 4.90 Å². The number of carbonyl (C=O) groups excluding carboxylic acids is 1. The first kappa shape index (κ1) is 21.8. The van der Waals surface area contributed by atoms with E-state index in [1.54, 1.807) is 42.5 Å². The van der Waals surface area contributed by atoms with Crippen LogP contribution in [0.1, 0.15) is 5.56 Å². The number of hydrogen-bond acceptors (Lipinski definition) is 5. The Balaban J connectivity index is 1.57. The van der Waals surface area contributed by atoms with Gasteiger partial charge < -0.3 is 14.8 Å². The second kappa shape index (κ2) is 9.37. The van der Waals surface area contributed by atoms with Crippen molar-refractivity contribution in [2.24, 2.45) is 0 Å². The van der Waals surface area contributed by atoms with E-state index in [0.29, 0.717) is 30.4 Å². The lowest BCUT2D eigenvalue weighted by Crippen LogP contribution is -2.45. The first-order valence-electron chi connectivity index (χ1n) is 9.93. The molecule has 1 amide bonds. The number of halogens is 1. The molecule has 7 nitrogen and oxygen atoms in total. The van der Waals surface area contributed by atoms with Crippen molar-refractivity contribution >= 4 is 21.6 Å². The second-order valence-corrected chi connectivity index (χ2v) is 8.88. The van der Waals surface area contributed by atoms with E-state index in [1.165, 1.54) is 0 Å². The van der Waals surface area contributed by atoms with Crippen LogP contribution in [0.15, 0.2) is 77.7 Å². The molecule has 0 radical (unpaired) electrons.